The molecule has 1 aliphatic heterocycles. The summed E-state index contributed by atoms with van der Waals surface area (Å²) in [6.45, 7) is 3.05. The van der Waals surface area contributed by atoms with E-state index in [0.29, 0.717) is 11.0 Å². The van der Waals surface area contributed by atoms with Crippen LogP contribution in [-0.2, 0) is 4.79 Å². The number of rotatable bonds is 3. The number of carbonyl (C=O) groups excluding carboxylic acids is 1. The minimum Gasteiger partial charge on any atom is -0.392 e. The van der Waals surface area contributed by atoms with E-state index in [0.717, 1.165) is 45.1 Å². The molecule has 4 heteroatoms. The van der Waals surface area contributed by atoms with Crippen LogP contribution in [0.15, 0.2) is 0 Å². The number of amides is 1. The standard InChI is InChI=1S/C13H22N2OS/c1-2-10-6-3-4-9-15(10)12(16)13(11(14)17)7-5-8-13/h10H,2-9H2,1H3,(H2,14,17). The van der Waals surface area contributed by atoms with Crippen LogP contribution in [0.3, 0.4) is 0 Å². The molecule has 96 valence electrons. The third kappa shape index (κ3) is 2.07. The van der Waals surface area contributed by atoms with Crippen LogP contribution in [0.2, 0.25) is 0 Å². The molecule has 1 atom stereocenters. The van der Waals surface area contributed by atoms with Gasteiger partial charge in [0, 0.05) is 12.6 Å². The molecule has 17 heavy (non-hydrogen) atoms. The van der Waals surface area contributed by atoms with Crippen LogP contribution >= 0.6 is 12.2 Å². The molecule has 0 aromatic rings. The highest BCUT2D eigenvalue weighted by atomic mass is 32.1. The van der Waals surface area contributed by atoms with Crippen molar-refractivity contribution in [3.8, 4) is 0 Å². The first-order valence-electron chi connectivity index (χ1n) is 6.73. The molecule has 2 rings (SSSR count). The second-order valence-electron chi connectivity index (χ2n) is 5.36. The van der Waals surface area contributed by atoms with Crippen molar-refractivity contribution in [2.75, 3.05) is 6.54 Å². The molecule has 1 amide bonds. The van der Waals surface area contributed by atoms with Crippen LogP contribution in [0.4, 0.5) is 0 Å². The zero-order chi connectivity index (χ0) is 12.5. The van der Waals surface area contributed by atoms with E-state index in [-0.39, 0.29) is 5.91 Å². The van der Waals surface area contributed by atoms with Gasteiger partial charge in [-0.05, 0) is 38.5 Å². The first-order valence-corrected chi connectivity index (χ1v) is 7.13. The summed E-state index contributed by atoms with van der Waals surface area (Å²) in [6, 6.07) is 0.406. The van der Waals surface area contributed by atoms with Crippen molar-refractivity contribution >= 4 is 23.1 Å². The zero-order valence-corrected chi connectivity index (χ0v) is 11.4. The maximum atomic E-state index is 12.7. The van der Waals surface area contributed by atoms with Crippen molar-refractivity contribution < 1.29 is 4.79 Å². The van der Waals surface area contributed by atoms with Crippen LogP contribution in [-0.4, -0.2) is 28.4 Å². The topological polar surface area (TPSA) is 46.3 Å². The molecule has 2 fully saturated rings. The number of nitrogens with zero attached hydrogens (tertiary/aromatic N) is 1. The quantitative estimate of drug-likeness (QED) is 0.786. The molecule has 1 aliphatic carbocycles. The second-order valence-corrected chi connectivity index (χ2v) is 5.80. The largest absolute Gasteiger partial charge is 0.392 e. The Morgan fingerprint density at radius 2 is 2.12 bits per heavy atom. The van der Waals surface area contributed by atoms with Gasteiger partial charge in [-0.3, -0.25) is 4.79 Å². The van der Waals surface area contributed by atoms with Crippen molar-refractivity contribution in [3.63, 3.8) is 0 Å². The Labute approximate surface area is 109 Å². The molecule has 1 heterocycles. The van der Waals surface area contributed by atoms with Crippen molar-refractivity contribution in [3.05, 3.63) is 0 Å². The highest BCUT2D eigenvalue weighted by Crippen LogP contribution is 2.44. The highest BCUT2D eigenvalue weighted by molar-refractivity contribution is 7.80. The van der Waals surface area contributed by atoms with Gasteiger partial charge < -0.3 is 10.6 Å². The molecule has 1 unspecified atom stereocenters. The lowest BCUT2D eigenvalue weighted by molar-refractivity contribution is -0.145. The first kappa shape index (κ1) is 12.8. The number of thiocarbonyl (C=S) groups is 1. The summed E-state index contributed by atoms with van der Waals surface area (Å²) in [7, 11) is 0. The molecular weight excluding hydrogens is 232 g/mol. The van der Waals surface area contributed by atoms with E-state index in [4.69, 9.17) is 18.0 Å². The number of nitrogens with two attached hydrogens (primary N) is 1. The van der Waals surface area contributed by atoms with E-state index < -0.39 is 5.41 Å². The van der Waals surface area contributed by atoms with Crippen LogP contribution in [0.25, 0.3) is 0 Å². The first-order chi connectivity index (χ1) is 8.12. The second kappa shape index (κ2) is 4.92. The summed E-state index contributed by atoms with van der Waals surface area (Å²) in [5.74, 6) is 0.211. The van der Waals surface area contributed by atoms with Gasteiger partial charge in [-0.2, -0.15) is 0 Å². The normalized spacial score (nSPS) is 27.4. The average Bonchev–Trinajstić information content (AvgIpc) is 2.26. The highest BCUT2D eigenvalue weighted by Gasteiger charge is 2.49. The molecule has 1 saturated carbocycles. The van der Waals surface area contributed by atoms with E-state index >= 15 is 0 Å². The average molecular weight is 254 g/mol. The van der Waals surface area contributed by atoms with E-state index in [9.17, 15) is 4.79 Å². The van der Waals surface area contributed by atoms with Gasteiger partial charge in [0.25, 0.3) is 0 Å². The van der Waals surface area contributed by atoms with Crippen molar-refractivity contribution in [1.29, 1.82) is 0 Å². The minimum absolute atomic E-state index is 0.211. The molecule has 0 radical (unpaired) electrons. The lowest BCUT2D eigenvalue weighted by atomic mass is 9.67. The summed E-state index contributed by atoms with van der Waals surface area (Å²) in [6.07, 6.45) is 7.32. The number of hydrogen-bond acceptors (Lipinski definition) is 2. The van der Waals surface area contributed by atoms with Crippen LogP contribution < -0.4 is 5.73 Å². The summed E-state index contributed by atoms with van der Waals surface area (Å²) in [5.41, 5.74) is 5.33. The Hall–Kier alpha value is -0.640. The van der Waals surface area contributed by atoms with Gasteiger partial charge in [-0.1, -0.05) is 25.6 Å². The number of carbonyl (C=O) groups is 1. The third-order valence-corrected chi connectivity index (χ3v) is 4.84. The predicted octanol–water partition coefficient (Wildman–Crippen LogP) is 2.23. The number of likely N-dealkylation sites (tertiary alicyclic amines) is 1. The van der Waals surface area contributed by atoms with Gasteiger partial charge in [0.05, 0.1) is 10.4 Å². The van der Waals surface area contributed by atoms with Crippen molar-refractivity contribution in [2.24, 2.45) is 11.1 Å². The molecule has 0 aromatic carbocycles. The smallest absolute Gasteiger partial charge is 0.235 e. The van der Waals surface area contributed by atoms with Crippen LogP contribution in [0.5, 0.6) is 0 Å². The zero-order valence-electron chi connectivity index (χ0n) is 10.6. The van der Waals surface area contributed by atoms with Gasteiger partial charge in [0.1, 0.15) is 0 Å². The van der Waals surface area contributed by atoms with Gasteiger partial charge in [0.15, 0.2) is 0 Å². The van der Waals surface area contributed by atoms with Crippen LogP contribution in [0, 0.1) is 5.41 Å². The van der Waals surface area contributed by atoms with E-state index in [2.05, 4.69) is 11.8 Å². The Kier molecular flexibility index (Phi) is 3.71. The maximum Gasteiger partial charge on any atom is 0.235 e. The van der Waals surface area contributed by atoms with E-state index in [1.165, 1.54) is 6.42 Å². The molecule has 1 saturated heterocycles. The van der Waals surface area contributed by atoms with Crippen molar-refractivity contribution in [2.45, 2.75) is 57.9 Å². The Balaban J connectivity index is 2.15. The number of hydrogen-bond donors (Lipinski definition) is 1. The fraction of sp³-hybridized carbons (Fsp3) is 0.846. The van der Waals surface area contributed by atoms with Gasteiger partial charge in [0.2, 0.25) is 5.91 Å². The molecule has 2 N–H and O–H groups in total. The number of piperidine rings is 1. The summed E-state index contributed by atoms with van der Waals surface area (Å²) >= 11 is 5.13. The van der Waals surface area contributed by atoms with Crippen LogP contribution in [0.1, 0.15) is 51.9 Å². The summed E-state index contributed by atoms with van der Waals surface area (Å²) in [5, 5.41) is 0. The van der Waals surface area contributed by atoms with Gasteiger partial charge >= 0.3 is 0 Å². The van der Waals surface area contributed by atoms with E-state index in [1.807, 2.05) is 0 Å². The Bertz CT molecular complexity index is 325. The Morgan fingerprint density at radius 3 is 2.59 bits per heavy atom. The fourth-order valence-corrected chi connectivity index (χ4v) is 3.35. The molecule has 0 bridgehead atoms. The molecule has 3 nitrogen and oxygen atoms in total. The minimum atomic E-state index is -0.486. The van der Waals surface area contributed by atoms with Gasteiger partial charge in [-0.25, -0.2) is 0 Å². The molecular formula is C13H22N2OS. The lowest BCUT2D eigenvalue weighted by Crippen LogP contribution is -2.57. The fourth-order valence-electron chi connectivity index (χ4n) is 3.06. The Morgan fingerprint density at radius 1 is 1.41 bits per heavy atom. The summed E-state index contributed by atoms with van der Waals surface area (Å²) in [4.78, 5) is 15.1. The third-order valence-electron chi connectivity index (χ3n) is 4.45. The van der Waals surface area contributed by atoms with Crippen molar-refractivity contribution in [1.82, 2.24) is 4.90 Å². The predicted molar refractivity (Wildman–Crippen MR) is 72.7 cm³/mol. The molecule has 2 aliphatic rings. The molecule has 0 spiro atoms. The van der Waals surface area contributed by atoms with E-state index in [1.54, 1.807) is 0 Å². The maximum absolute atomic E-state index is 12.7. The lowest BCUT2D eigenvalue weighted by Gasteiger charge is -2.46. The monoisotopic (exact) mass is 254 g/mol. The van der Waals surface area contributed by atoms with Gasteiger partial charge in [-0.15, -0.1) is 0 Å². The summed E-state index contributed by atoms with van der Waals surface area (Å²) < 4.78 is 0. The molecule has 0 aromatic heterocycles. The SMILES string of the molecule is CCC1CCCCN1C(=O)C1(C(N)=S)CCC1.